The summed E-state index contributed by atoms with van der Waals surface area (Å²) in [6.07, 6.45) is 0. The molecule has 0 saturated carbocycles. The second-order valence-electron chi connectivity index (χ2n) is 6.20. The third-order valence-corrected chi connectivity index (χ3v) is 3.49. The van der Waals surface area contributed by atoms with Crippen molar-refractivity contribution in [1.29, 1.82) is 0 Å². The highest BCUT2D eigenvalue weighted by Crippen LogP contribution is 2.38. The number of rotatable bonds is 10. The van der Waals surface area contributed by atoms with E-state index in [2.05, 4.69) is 10.6 Å². The van der Waals surface area contributed by atoms with Crippen LogP contribution < -0.4 is 24.8 Å². The molecule has 2 amide bonds. The van der Waals surface area contributed by atoms with Crippen molar-refractivity contribution in [3.05, 3.63) is 17.7 Å². The summed E-state index contributed by atoms with van der Waals surface area (Å²) in [4.78, 5) is 25.4. The van der Waals surface area contributed by atoms with Crippen molar-refractivity contribution in [2.24, 2.45) is 0 Å². The SMILES string of the molecule is COc1cc(CNC(=O)CN(C)CC(=O)NC(C)C)cc(OC)c1OC. The van der Waals surface area contributed by atoms with Gasteiger partial charge in [-0.3, -0.25) is 14.5 Å². The summed E-state index contributed by atoms with van der Waals surface area (Å²) in [5, 5.41) is 5.61. The lowest BCUT2D eigenvalue weighted by Crippen LogP contribution is -2.42. The summed E-state index contributed by atoms with van der Waals surface area (Å²) < 4.78 is 15.9. The Morgan fingerprint density at radius 1 is 1.00 bits per heavy atom. The molecule has 146 valence electrons. The maximum Gasteiger partial charge on any atom is 0.234 e. The minimum atomic E-state index is -0.182. The van der Waals surface area contributed by atoms with E-state index in [1.165, 1.54) is 21.3 Å². The van der Waals surface area contributed by atoms with Crippen molar-refractivity contribution >= 4 is 11.8 Å². The first-order valence-corrected chi connectivity index (χ1v) is 8.34. The van der Waals surface area contributed by atoms with Crippen molar-refractivity contribution in [1.82, 2.24) is 15.5 Å². The van der Waals surface area contributed by atoms with E-state index in [-0.39, 0.29) is 30.9 Å². The van der Waals surface area contributed by atoms with E-state index in [4.69, 9.17) is 14.2 Å². The van der Waals surface area contributed by atoms with E-state index >= 15 is 0 Å². The highest BCUT2D eigenvalue weighted by atomic mass is 16.5. The maximum absolute atomic E-state index is 12.1. The van der Waals surface area contributed by atoms with Gasteiger partial charge in [-0.15, -0.1) is 0 Å². The summed E-state index contributed by atoms with van der Waals surface area (Å²) in [5.74, 6) is 1.26. The normalized spacial score (nSPS) is 10.6. The third kappa shape index (κ3) is 6.79. The summed E-state index contributed by atoms with van der Waals surface area (Å²) >= 11 is 0. The van der Waals surface area contributed by atoms with E-state index < -0.39 is 0 Å². The molecule has 1 aromatic carbocycles. The fourth-order valence-electron chi connectivity index (χ4n) is 2.41. The minimum absolute atomic E-state index is 0.0739. The van der Waals surface area contributed by atoms with Crippen LogP contribution in [-0.4, -0.2) is 64.2 Å². The van der Waals surface area contributed by atoms with E-state index in [0.29, 0.717) is 23.8 Å². The van der Waals surface area contributed by atoms with Gasteiger partial charge in [-0.2, -0.15) is 0 Å². The first-order valence-electron chi connectivity index (χ1n) is 8.34. The van der Waals surface area contributed by atoms with Crippen molar-refractivity contribution in [3.8, 4) is 17.2 Å². The highest BCUT2D eigenvalue weighted by molar-refractivity contribution is 5.81. The van der Waals surface area contributed by atoms with Gasteiger partial charge >= 0.3 is 0 Å². The number of carbonyl (C=O) groups is 2. The molecule has 2 N–H and O–H groups in total. The zero-order valence-electron chi connectivity index (χ0n) is 16.3. The van der Waals surface area contributed by atoms with E-state index in [0.717, 1.165) is 5.56 Å². The summed E-state index contributed by atoms with van der Waals surface area (Å²) in [6.45, 7) is 4.37. The molecular formula is C18H29N3O5. The van der Waals surface area contributed by atoms with Gasteiger partial charge in [-0.1, -0.05) is 0 Å². The maximum atomic E-state index is 12.1. The predicted molar refractivity (Wildman–Crippen MR) is 98.7 cm³/mol. The molecule has 0 saturated heterocycles. The van der Waals surface area contributed by atoms with Gasteiger partial charge in [-0.05, 0) is 38.6 Å². The standard InChI is InChI=1S/C18H29N3O5/c1-12(2)20-17(23)11-21(3)10-16(22)19-9-13-7-14(24-4)18(26-6)15(8-13)25-5/h7-8,12H,9-11H2,1-6H3,(H,19,22)(H,20,23). The monoisotopic (exact) mass is 367 g/mol. The van der Waals surface area contributed by atoms with Crippen LogP contribution in [0.5, 0.6) is 17.2 Å². The van der Waals surface area contributed by atoms with Gasteiger partial charge in [0, 0.05) is 12.6 Å². The number of carbonyl (C=O) groups excluding carboxylic acids is 2. The topological polar surface area (TPSA) is 89.1 Å². The number of nitrogens with one attached hydrogen (secondary N) is 2. The number of nitrogens with zero attached hydrogens (tertiary/aromatic N) is 1. The molecule has 1 rings (SSSR count). The van der Waals surface area contributed by atoms with Crippen molar-refractivity contribution in [2.75, 3.05) is 41.5 Å². The lowest BCUT2D eigenvalue weighted by atomic mass is 10.1. The van der Waals surface area contributed by atoms with Gasteiger partial charge in [0.05, 0.1) is 34.4 Å². The smallest absolute Gasteiger partial charge is 0.234 e. The van der Waals surface area contributed by atoms with Crippen LogP contribution in [0, 0.1) is 0 Å². The summed E-state index contributed by atoms with van der Waals surface area (Å²) in [7, 11) is 6.33. The number of hydrogen-bond donors (Lipinski definition) is 2. The third-order valence-electron chi connectivity index (χ3n) is 3.49. The highest BCUT2D eigenvalue weighted by Gasteiger charge is 2.15. The quantitative estimate of drug-likeness (QED) is 0.635. The molecule has 0 aliphatic rings. The van der Waals surface area contributed by atoms with Crippen molar-refractivity contribution in [3.63, 3.8) is 0 Å². The lowest BCUT2D eigenvalue weighted by Gasteiger charge is -2.17. The van der Waals surface area contributed by atoms with Crippen LogP contribution >= 0.6 is 0 Å². The van der Waals surface area contributed by atoms with Crippen LogP contribution in [0.4, 0.5) is 0 Å². The lowest BCUT2D eigenvalue weighted by molar-refractivity contribution is -0.124. The van der Waals surface area contributed by atoms with Gasteiger partial charge < -0.3 is 24.8 Å². The number of likely N-dealkylation sites (N-methyl/N-ethyl adjacent to an activating group) is 1. The molecule has 0 atom stereocenters. The van der Waals surface area contributed by atoms with E-state index in [9.17, 15) is 9.59 Å². The Hall–Kier alpha value is -2.48. The number of amides is 2. The van der Waals surface area contributed by atoms with Crippen LogP contribution in [0.15, 0.2) is 12.1 Å². The average Bonchev–Trinajstić information content (AvgIpc) is 2.57. The molecule has 0 aromatic heterocycles. The Morgan fingerprint density at radius 2 is 1.54 bits per heavy atom. The van der Waals surface area contributed by atoms with Crippen LogP contribution in [-0.2, 0) is 16.1 Å². The van der Waals surface area contributed by atoms with Gasteiger partial charge in [0.2, 0.25) is 17.6 Å². The van der Waals surface area contributed by atoms with Crippen molar-refractivity contribution in [2.45, 2.75) is 26.4 Å². The predicted octanol–water partition coefficient (Wildman–Crippen LogP) is 0.785. The molecule has 0 spiro atoms. The zero-order valence-corrected chi connectivity index (χ0v) is 16.3. The molecule has 8 nitrogen and oxygen atoms in total. The number of hydrogen-bond acceptors (Lipinski definition) is 6. The van der Waals surface area contributed by atoms with Crippen LogP contribution in [0.1, 0.15) is 19.4 Å². The van der Waals surface area contributed by atoms with E-state index in [1.54, 1.807) is 24.1 Å². The van der Waals surface area contributed by atoms with Crippen LogP contribution in [0.3, 0.4) is 0 Å². The fourth-order valence-corrected chi connectivity index (χ4v) is 2.41. The average molecular weight is 367 g/mol. The Labute approximate surface area is 154 Å². The molecule has 0 aliphatic heterocycles. The van der Waals surface area contributed by atoms with Crippen molar-refractivity contribution < 1.29 is 23.8 Å². The van der Waals surface area contributed by atoms with E-state index in [1.807, 2.05) is 13.8 Å². The molecule has 26 heavy (non-hydrogen) atoms. The molecule has 0 radical (unpaired) electrons. The Kier molecular flexibility index (Phi) is 8.71. The van der Waals surface area contributed by atoms with Crippen LogP contribution in [0.2, 0.25) is 0 Å². The molecular weight excluding hydrogens is 338 g/mol. The second kappa shape index (κ2) is 10.5. The molecule has 0 fully saturated rings. The molecule has 0 bridgehead atoms. The molecule has 0 aliphatic carbocycles. The first kappa shape index (κ1) is 21.6. The molecule has 1 aromatic rings. The minimum Gasteiger partial charge on any atom is -0.493 e. The zero-order chi connectivity index (χ0) is 19.7. The van der Waals surface area contributed by atoms with Gasteiger partial charge in [0.15, 0.2) is 11.5 Å². The second-order valence-corrected chi connectivity index (χ2v) is 6.20. The van der Waals surface area contributed by atoms with Crippen LogP contribution in [0.25, 0.3) is 0 Å². The fraction of sp³-hybridized carbons (Fsp3) is 0.556. The summed E-state index contributed by atoms with van der Waals surface area (Å²) in [5.41, 5.74) is 0.813. The Morgan fingerprint density at radius 3 is 2.00 bits per heavy atom. The number of benzene rings is 1. The largest absolute Gasteiger partial charge is 0.493 e. The number of methoxy groups -OCH3 is 3. The Bertz CT molecular complexity index is 594. The molecule has 0 heterocycles. The van der Waals surface area contributed by atoms with Gasteiger partial charge in [0.1, 0.15) is 0 Å². The number of ether oxygens (including phenoxy) is 3. The Balaban J connectivity index is 2.60. The van der Waals surface area contributed by atoms with Gasteiger partial charge in [0.25, 0.3) is 0 Å². The molecule has 8 heteroatoms. The summed E-state index contributed by atoms with van der Waals surface area (Å²) in [6, 6.07) is 3.63. The van der Waals surface area contributed by atoms with Gasteiger partial charge in [-0.25, -0.2) is 0 Å². The molecule has 0 unspecified atom stereocenters. The first-order chi connectivity index (χ1) is 12.3.